The summed E-state index contributed by atoms with van der Waals surface area (Å²) in [7, 11) is 0. The van der Waals surface area contributed by atoms with Crippen LogP contribution in [0, 0.1) is 5.92 Å². The lowest BCUT2D eigenvalue weighted by atomic mass is 10.00. The molecule has 0 aliphatic carbocycles. The molecule has 72 valence electrons. The van der Waals surface area contributed by atoms with Gasteiger partial charge < -0.3 is 4.42 Å². The Balaban J connectivity index is 2.34. The minimum atomic E-state index is 0.268. The molecule has 0 aliphatic heterocycles. The van der Waals surface area contributed by atoms with Gasteiger partial charge in [0.2, 0.25) is 0 Å². The second-order valence-electron chi connectivity index (χ2n) is 3.51. The summed E-state index contributed by atoms with van der Waals surface area (Å²) in [4.78, 5) is 11.4. The summed E-state index contributed by atoms with van der Waals surface area (Å²) in [5.41, 5.74) is 0. The quantitative estimate of drug-likeness (QED) is 0.697. The summed E-state index contributed by atoms with van der Waals surface area (Å²) >= 11 is 0. The van der Waals surface area contributed by atoms with Crippen molar-refractivity contribution in [2.75, 3.05) is 0 Å². The number of rotatable bonds is 5. The molecule has 1 aromatic heterocycles. The Morgan fingerprint density at radius 3 is 2.92 bits per heavy atom. The van der Waals surface area contributed by atoms with E-state index in [0.29, 0.717) is 18.8 Å². The molecule has 0 saturated carbocycles. The standard InChI is InChI=1S/C11H16O2/c1-3-9(2)7-10(12)8-11-5-4-6-13-11/h4-6,9H,3,7-8H2,1-2H3. The van der Waals surface area contributed by atoms with Crippen LogP contribution in [0.1, 0.15) is 32.4 Å². The van der Waals surface area contributed by atoms with Crippen molar-refractivity contribution >= 4 is 5.78 Å². The SMILES string of the molecule is CCC(C)CC(=O)Cc1ccco1. The van der Waals surface area contributed by atoms with E-state index in [1.54, 1.807) is 6.26 Å². The Hall–Kier alpha value is -1.05. The van der Waals surface area contributed by atoms with E-state index in [0.717, 1.165) is 12.2 Å². The molecule has 2 nitrogen and oxygen atoms in total. The summed E-state index contributed by atoms with van der Waals surface area (Å²) in [6.45, 7) is 4.20. The van der Waals surface area contributed by atoms with Gasteiger partial charge in [0.1, 0.15) is 11.5 Å². The van der Waals surface area contributed by atoms with E-state index < -0.39 is 0 Å². The minimum absolute atomic E-state index is 0.268. The van der Waals surface area contributed by atoms with Gasteiger partial charge in [0.05, 0.1) is 12.7 Å². The molecular formula is C11H16O2. The van der Waals surface area contributed by atoms with Crippen LogP contribution in [0.3, 0.4) is 0 Å². The fourth-order valence-electron chi connectivity index (χ4n) is 1.21. The Kier molecular flexibility index (Phi) is 3.74. The Morgan fingerprint density at radius 1 is 1.62 bits per heavy atom. The van der Waals surface area contributed by atoms with E-state index in [9.17, 15) is 4.79 Å². The smallest absolute Gasteiger partial charge is 0.140 e. The summed E-state index contributed by atoms with van der Waals surface area (Å²) in [5, 5.41) is 0. The van der Waals surface area contributed by atoms with Crippen molar-refractivity contribution in [1.29, 1.82) is 0 Å². The van der Waals surface area contributed by atoms with Crippen molar-refractivity contribution in [3.05, 3.63) is 24.2 Å². The number of furan rings is 1. The van der Waals surface area contributed by atoms with Gasteiger partial charge in [-0.05, 0) is 18.1 Å². The Labute approximate surface area is 78.9 Å². The molecule has 0 amide bonds. The van der Waals surface area contributed by atoms with Crippen LogP contribution in [0.4, 0.5) is 0 Å². The van der Waals surface area contributed by atoms with Gasteiger partial charge in [0.25, 0.3) is 0 Å². The molecule has 0 aliphatic rings. The highest BCUT2D eigenvalue weighted by molar-refractivity contribution is 5.80. The maximum absolute atomic E-state index is 11.4. The van der Waals surface area contributed by atoms with Gasteiger partial charge in [0.15, 0.2) is 0 Å². The zero-order valence-electron chi connectivity index (χ0n) is 8.25. The summed E-state index contributed by atoms with van der Waals surface area (Å²) in [6, 6.07) is 3.65. The largest absolute Gasteiger partial charge is 0.469 e. The van der Waals surface area contributed by atoms with Crippen molar-refractivity contribution in [2.45, 2.75) is 33.1 Å². The minimum Gasteiger partial charge on any atom is -0.469 e. The molecule has 0 aromatic carbocycles. The third-order valence-corrected chi connectivity index (χ3v) is 2.22. The Morgan fingerprint density at radius 2 is 2.38 bits per heavy atom. The monoisotopic (exact) mass is 180 g/mol. The van der Waals surface area contributed by atoms with E-state index in [1.807, 2.05) is 12.1 Å². The van der Waals surface area contributed by atoms with Gasteiger partial charge in [-0.3, -0.25) is 4.79 Å². The molecule has 0 N–H and O–H groups in total. The predicted molar refractivity (Wildman–Crippen MR) is 51.5 cm³/mol. The zero-order valence-corrected chi connectivity index (χ0v) is 8.25. The van der Waals surface area contributed by atoms with E-state index in [4.69, 9.17) is 4.42 Å². The summed E-state index contributed by atoms with van der Waals surface area (Å²) in [6.07, 6.45) is 3.77. The van der Waals surface area contributed by atoms with Crippen LogP contribution in [-0.2, 0) is 11.2 Å². The third-order valence-electron chi connectivity index (χ3n) is 2.22. The van der Waals surface area contributed by atoms with Crippen molar-refractivity contribution in [3.63, 3.8) is 0 Å². The van der Waals surface area contributed by atoms with Crippen LogP contribution in [0.5, 0.6) is 0 Å². The van der Waals surface area contributed by atoms with Crippen molar-refractivity contribution < 1.29 is 9.21 Å². The van der Waals surface area contributed by atoms with Gasteiger partial charge in [-0.15, -0.1) is 0 Å². The van der Waals surface area contributed by atoms with E-state index in [-0.39, 0.29) is 5.78 Å². The fraction of sp³-hybridized carbons (Fsp3) is 0.545. The van der Waals surface area contributed by atoms with Crippen molar-refractivity contribution in [3.8, 4) is 0 Å². The lowest BCUT2D eigenvalue weighted by Crippen LogP contribution is -2.07. The average molecular weight is 180 g/mol. The predicted octanol–water partition coefficient (Wildman–Crippen LogP) is 2.83. The zero-order chi connectivity index (χ0) is 9.68. The molecule has 1 unspecified atom stereocenters. The molecule has 1 rings (SSSR count). The lowest BCUT2D eigenvalue weighted by molar-refractivity contribution is -0.119. The maximum Gasteiger partial charge on any atom is 0.140 e. The third kappa shape index (κ3) is 3.45. The highest BCUT2D eigenvalue weighted by atomic mass is 16.3. The molecule has 13 heavy (non-hydrogen) atoms. The molecule has 0 saturated heterocycles. The van der Waals surface area contributed by atoms with Gasteiger partial charge >= 0.3 is 0 Å². The van der Waals surface area contributed by atoms with Gasteiger partial charge in [-0.2, -0.15) is 0 Å². The van der Waals surface area contributed by atoms with Crippen LogP contribution in [0.15, 0.2) is 22.8 Å². The van der Waals surface area contributed by atoms with E-state index >= 15 is 0 Å². The number of ketones is 1. The maximum atomic E-state index is 11.4. The first-order chi connectivity index (χ1) is 6.22. The van der Waals surface area contributed by atoms with Gasteiger partial charge in [-0.1, -0.05) is 20.3 Å². The molecule has 0 bridgehead atoms. The molecule has 0 spiro atoms. The molecule has 2 heteroatoms. The molecule has 1 heterocycles. The fourth-order valence-corrected chi connectivity index (χ4v) is 1.21. The van der Waals surface area contributed by atoms with E-state index in [1.165, 1.54) is 0 Å². The highest BCUT2D eigenvalue weighted by Crippen LogP contribution is 2.10. The second kappa shape index (κ2) is 4.85. The number of carbonyl (C=O) groups excluding carboxylic acids is 1. The topological polar surface area (TPSA) is 30.2 Å². The highest BCUT2D eigenvalue weighted by Gasteiger charge is 2.09. The number of hydrogen-bond donors (Lipinski definition) is 0. The first-order valence-electron chi connectivity index (χ1n) is 4.76. The van der Waals surface area contributed by atoms with Gasteiger partial charge in [-0.25, -0.2) is 0 Å². The summed E-state index contributed by atoms with van der Waals surface area (Å²) in [5.74, 6) is 1.53. The molecule has 0 radical (unpaired) electrons. The van der Waals surface area contributed by atoms with Crippen LogP contribution in [-0.4, -0.2) is 5.78 Å². The number of Topliss-reactive ketones (excluding diaryl/α,β-unsaturated/α-hetero) is 1. The average Bonchev–Trinajstić information content (AvgIpc) is 2.56. The van der Waals surface area contributed by atoms with Gasteiger partial charge in [0, 0.05) is 6.42 Å². The number of carbonyl (C=O) groups is 1. The van der Waals surface area contributed by atoms with Crippen LogP contribution in [0.2, 0.25) is 0 Å². The lowest BCUT2D eigenvalue weighted by Gasteiger charge is -2.05. The Bertz CT molecular complexity index is 249. The molecular weight excluding hydrogens is 164 g/mol. The van der Waals surface area contributed by atoms with E-state index in [2.05, 4.69) is 13.8 Å². The van der Waals surface area contributed by atoms with Crippen molar-refractivity contribution in [2.24, 2.45) is 5.92 Å². The molecule has 1 aromatic rings. The molecule has 0 fully saturated rings. The summed E-state index contributed by atoms with van der Waals surface area (Å²) < 4.78 is 5.10. The molecule has 1 atom stereocenters. The van der Waals surface area contributed by atoms with Crippen LogP contribution < -0.4 is 0 Å². The van der Waals surface area contributed by atoms with Crippen LogP contribution >= 0.6 is 0 Å². The number of hydrogen-bond acceptors (Lipinski definition) is 2. The second-order valence-corrected chi connectivity index (χ2v) is 3.51. The van der Waals surface area contributed by atoms with Crippen LogP contribution in [0.25, 0.3) is 0 Å². The van der Waals surface area contributed by atoms with Crippen molar-refractivity contribution in [1.82, 2.24) is 0 Å². The first kappa shape index (κ1) is 10.0. The first-order valence-corrected chi connectivity index (χ1v) is 4.76. The normalized spacial score (nSPS) is 12.8.